The standard InChI is InChI=1S/C11H19N3O2/c1-2-8(5-6-12)14-11(15)10-4-3-9(7-13)16-10/h8-10H,2-5,7,13H2,1H3,(H,14,15). The molecule has 0 aromatic rings. The Bertz CT molecular complexity index is 275. The molecule has 1 rings (SSSR count). The van der Waals surface area contributed by atoms with E-state index in [-0.39, 0.29) is 24.2 Å². The first-order chi connectivity index (χ1) is 7.71. The first-order valence-electron chi connectivity index (χ1n) is 5.74. The SMILES string of the molecule is CCC(CC#N)NC(=O)C1CCC(CN)O1. The van der Waals surface area contributed by atoms with Crippen LogP contribution >= 0.6 is 0 Å². The van der Waals surface area contributed by atoms with Crippen LogP contribution in [0.5, 0.6) is 0 Å². The molecule has 1 saturated heterocycles. The third kappa shape index (κ3) is 3.47. The lowest BCUT2D eigenvalue weighted by Crippen LogP contribution is -2.41. The van der Waals surface area contributed by atoms with E-state index in [0.29, 0.717) is 13.0 Å². The molecule has 3 atom stereocenters. The highest BCUT2D eigenvalue weighted by Gasteiger charge is 2.30. The second-order valence-electron chi connectivity index (χ2n) is 4.04. The van der Waals surface area contributed by atoms with Gasteiger partial charge in [0.05, 0.1) is 18.6 Å². The smallest absolute Gasteiger partial charge is 0.249 e. The molecule has 0 radical (unpaired) electrons. The van der Waals surface area contributed by atoms with Gasteiger partial charge in [0, 0.05) is 12.6 Å². The van der Waals surface area contributed by atoms with E-state index in [2.05, 4.69) is 11.4 Å². The van der Waals surface area contributed by atoms with Crippen LogP contribution in [0.3, 0.4) is 0 Å². The molecule has 1 fully saturated rings. The lowest BCUT2D eigenvalue weighted by atomic mass is 10.1. The fraction of sp³-hybridized carbons (Fsp3) is 0.818. The molecular weight excluding hydrogens is 206 g/mol. The van der Waals surface area contributed by atoms with Gasteiger partial charge in [0.2, 0.25) is 5.91 Å². The molecule has 0 spiro atoms. The molecule has 16 heavy (non-hydrogen) atoms. The fourth-order valence-corrected chi connectivity index (χ4v) is 1.77. The summed E-state index contributed by atoms with van der Waals surface area (Å²) in [6, 6.07) is 1.99. The number of hydrogen-bond donors (Lipinski definition) is 2. The van der Waals surface area contributed by atoms with Crippen LogP contribution in [0.15, 0.2) is 0 Å². The number of ether oxygens (including phenoxy) is 1. The van der Waals surface area contributed by atoms with E-state index in [1.165, 1.54) is 0 Å². The van der Waals surface area contributed by atoms with Crippen LogP contribution in [0.1, 0.15) is 32.6 Å². The molecule has 5 nitrogen and oxygen atoms in total. The van der Waals surface area contributed by atoms with Gasteiger partial charge in [-0.25, -0.2) is 0 Å². The normalized spacial score (nSPS) is 26.1. The zero-order valence-electron chi connectivity index (χ0n) is 9.61. The van der Waals surface area contributed by atoms with Crippen LogP contribution < -0.4 is 11.1 Å². The Morgan fingerprint density at radius 2 is 2.44 bits per heavy atom. The number of hydrogen-bond acceptors (Lipinski definition) is 4. The third-order valence-corrected chi connectivity index (χ3v) is 2.84. The quantitative estimate of drug-likeness (QED) is 0.704. The highest BCUT2D eigenvalue weighted by atomic mass is 16.5. The number of nitrogens with one attached hydrogen (secondary N) is 1. The molecule has 0 saturated carbocycles. The minimum Gasteiger partial charge on any atom is -0.364 e. The second-order valence-corrected chi connectivity index (χ2v) is 4.04. The summed E-state index contributed by atoms with van der Waals surface area (Å²) in [6.07, 6.45) is 2.27. The van der Waals surface area contributed by atoms with Crippen LogP contribution in [0.2, 0.25) is 0 Å². The van der Waals surface area contributed by atoms with Gasteiger partial charge in [0.25, 0.3) is 0 Å². The van der Waals surface area contributed by atoms with E-state index in [1.54, 1.807) is 0 Å². The average Bonchev–Trinajstić information content (AvgIpc) is 2.76. The first-order valence-corrected chi connectivity index (χ1v) is 5.74. The van der Waals surface area contributed by atoms with Gasteiger partial charge in [0.15, 0.2) is 0 Å². The van der Waals surface area contributed by atoms with Crippen LogP contribution in [0, 0.1) is 11.3 Å². The number of nitriles is 1. The fourth-order valence-electron chi connectivity index (χ4n) is 1.77. The summed E-state index contributed by atoms with van der Waals surface area (Å²) in [6.45, 7) is 2.40. The molecular formula is C11H19N3O2. The van der Waals surface area contributed by atoms with Crippen molar-refractivity contribution >= 4 is 5.91 Å². The molecule has 5 heteroatoms. The van der Waals surface area contributed by atoms with Gasteiger partial charge in [-0.3, -0.25) is 4.79 Å². The van der Waals surface area contributed by atoms with Crippen LogP contribution in [0.25, 0.3) is 0 Å². The molecule has 1 heterocycles. The monoisotopic (exact) mass is 225 g/mol. The number of rotatable bonds is 5. The molecule has 0 bridgehead atoms. The lowest BCUT2D eigenvalue weighted by molar-refractivity contribution is -0.132. The van der Waals surface area contributed by atoms with Gasteiger partial charge < -0.3 is 15.8 Å². The summed E-state index contributed by atoms with van der Waals surface area (Å²) in [5.41, 5.74) is 5.47. The van der Waals surface area contributed by atoms with Crippen molar-refractivity contribution in [3.05, 3.63) is 0 Å². The highest BCUT2D eigenvalue weighted by Crippen LogP contribution is 2.19. The number of carbonyl (C=O) groups excluding carboxylic acids is 1. The van der Waals surface area contributed by atoms with Gasteiger partial charge in [-0.15, -0.1) is 0 Å². The van der Waals surface area contributed by atoms with Crippen LogP contribution in [0.4, 0.5) is 0 Å². The Kier molecular flexibility index (Phi) is 5.23. The van der Waals surface area contributed by atoms with Crippen molar-refractivity contribution in [3.63, 3.8) is 0 Å². The van der Waals surface area contributed by atoms with Gasteiger partial charge in [-0.1, -0.05) is 6.92 Å². The van der Waals surface area contributed by atoms with Crippen molar-refractivity contribution in [1.29, 1.82) is 5.26 Å². The molecule has 0 aromatic heterocycles. The van der Waals surface area contributed by atoms with Crippen molar-refractivity contribution in [3.8, 4) is 6.07 Å². The van der Waals surface area contributed by atoms with Crippen LogP contribution in [-0.4, -0.2) is 30.7 Å². The van der Waals surface area contributed by atoms with Crippen LogP contribution in [-0.2, 0) is 9.53 Å². The predicted octanol–water partition coefficient (Wildman–Crippen LogP) is 0.301. The number of amides is 1. The van der Waals surface area contributed by atoms with Crippen molar-refractivity contribution in [2.75, 3.05) is 6.54 Å². The number of carbonyl (C=O) groups is 1. The summed E-state index contributed by atoms with van der Waals surface area (Å²) in [5.74, 6) is -0.113. The van der Waals surface area contributed by atoms with Gasteiger partial charge in [0.1, 0.15) is 6.10 Å². The highest BCUT2D eigenvalue weighted by molar-refractivity contribution is 5.81. The zero-order valence-corrected chi connectivity index (χ0v) is 9.61. The first kappa shape index (κ1) is 12.9. The largest absolute Gasteiger partial charge is 0.364 e. The third-order valence-electron chi connectivity index (χ3n) is 2.84. The van der Waals surface area contributed by atoms with Gasteiger partial charge in [-0.05, 0) is 19.3 Å². The average molecular weight is 225 g/mol. The summed E-state index contributed by atoms with van der Waals surface area (Å²) in [4.78, 5) is 11.8. The van der Waals surface area contributed by atoms with E-state index in [9.17, 15) is 4.79 Å². The molecule has 1 aliphatic heterocycles. The molecule has 1 aliphatic rings. The van der Waals surface area contributed by atoms with Crippen molar-refractivity contribution < 1.29 is 9.53 Å². The molecule has 90 valence electrons. The Morgan fingerprint density at radius 1 is 1.69 bits per heavy atom. The topological polar surface area (TPSA) is 88.1 Å². The molecule has 3 unspecified atom stereocenters. The van der Waals surface area contributed by atoms with E-state index in [1.807, 2.05) is 6.92 Å². The maximum Gasteiger partial charge on any atom is 0.249 e. The van der Waals surface area contributed by atoms with Gasteiger partial charge in [-0.2, -0.15) is 5.26 Å². The summed E-state index contributed by atoms with van der Waals surface area (Å²) < 4.78 is 5.48. The van der Waals surface area contributed by atoms with Crippen molar-refractivity contribution in [1.82, 2.24) is 5.32 Å². The Balaban J connectivity index is 2.38. The second kappa shape index (κ2) is 6.46. The van der Waals surface area contributed by atoms with Gasteiger partial charge >= 0.3 is 0 Å². The predicted molar refractivity (Wildman–Crippen MR) is 59.4 cm³/mol. The maximum atomic E-state index is 11.8. The maximum absolute atomic E-state index is 11.8. The lowest BCUT2D eigenvalue weighted by Gasteiger charge is -2.17. The summed E-state index contributed by atoms with van der Waals surface area (Å²) in [7, 11) is 0. The van der Waals surface area contributed by atoms with E-state index < -0.39 is 0 Å². The van der Waals surface area contributed by atoms with E-state index in [0.717, 1.165) is 19.3 Å². The summed E-state index contributed by atoms with van der Waals surface area (Å²) in [5, 5.41) is 11.4. The molecule has 0 aromatic carbocycles. The zero-order chi connectivity index (χ0) is 12.0. The summed E-state index contributed by atoms with van der Waals surface area (Å²) >= 11 is 0. The number of nitrogens with zero attached hydrogens (tertiary/aromatic N) is 1. The van der Waals surface area contributed by atoms with E-state index >= 15 is 0 Å². The van der Waals surface area contributed by atoms with Crippen molar-refractivity contribution in [2.24, 2.45) is 5.73 Å². The Labute approximate surface area is 95.9 Å². The number of nitrogens with two attached hydrogens (primary N) is 1. The molecule has 3 N–H and O–H groups in total. The Hall–Kier alpha value is -1.12. The molecule has 1 amide bonds. The van der Waals surface area contributed by atoms with E-state index in [4.69, 9.17) is 15.7 Å². The minimum absolute atomic E-state index is 0.00629. The Morgan fingerprint density at radius 3 is 2.94 bits per heavy atom. The molecule has 0 aliphatic carbocycles. The minimum atomic E-state index is -0.388. The van der Waals surface area contributed by atoms with Crippen molar-refractivity contribution in [2.45, 2.75) is 50.9 Å².